The molecular formula is C7H12B4. The summed E-state index contributed by atoms with van der Waals surface area (Å²) < 4.78 is 0. The summed E-state index contributed by atoms with van der Waals surface area (Å²) in [6.07, 6.45) is 0. The highest BCUT2D eigenvalue weighted by Crippen LogP contribution is 1.82. The van der Waals surface area contributed by atoms with Gasteiger partial charge in [-0.1, -0.05) is 22.6 Å². The van der Waals surface area contributed by atoms with E-state index >= 15 is 0 Å². The lowest BCUT2D eigenvalue weighted by Crippen LogP contribution is -2.48. The van der Waals surface area contributed by atoms with Crippen LogP contribution in [0, 0.1) is 6.92 Å². The van der Waals surface area contributed by atoms with Gasteiger partial charge in [-0.05, 0) is 6.92 Å². The summed E-state index contributed by atoms with van der Waals surface area (Å²) >= 11 is 0. The fraction of sp³-hybridized carbons (Fsp3) is 0.143. The van der Waals surface area contributed by atoms with Crippen LogP contribution in [0.5, 0.6) is 0 Å². The summed E-state index contributed by atoms with van der Waals surface area (Å²) in [5.41, 5.74) is 7.14. The normalized spacial score (nSPS) is 9.91. The molecule has 0 spiro atoms. The molecule has 1 rings (SSSR count). The Morgan fingerprint density at radius 2 is 1.45 bits per heavy atom. The molecule has 0 fully saturated rings. The summed E-state index contributed by atoms with van der Waals surface area (Å²) in [4.78, 5) is 0. The van der Waals surface area contributed by atoms with E-state index in [0.717, 1.165) is 0 Å². The molecule has 4 heteroatoms. The molecular weight excluding hydrogens is 127 g/mol. The summed E-state index contributed by atoms with van der Waals surface area (Å²) in [6.45, 7) is 2.18. The van der Waals surface area contributed by atoms with Crippen LogP contribution in [-0.2, 0) is 0 Å². The molecule has 0 atom stereocenters. The monoisotopic (exact) mass is 140 g/mol. The standard InChI is InChI=1S/C7H12B4/c1-3-2-4(8)6(10)7(11)5(3)9/h2H,8-11H2,1H3. The molecule has 52 valence electrons. The first-order valence-corrected chi connectivity index (χ1v) is 4.08. The number of hydrogen-bond donors (Lipinski definition) is 0. The van der Waals surface area contributed by atoms with Crippen molar-refractivity contribution in [2.75, 3.05) is 0 Å². The maximum atomic E-state index is 2.26. The third-order valence-corrected chi connectivity index (χ3v) is 2.74. The van der Waals surface area contributed by atoms with E-state index in [4.69, 9.17) is 0 Å². The first-order valence-electron chi connectivity index (χ1n) is 4.08. The van der Waals surface area contributed by atoms with Crippen molar-refractivity contribution in [1.82, 2.24) is 0 Å². The second-order valence-electron chi connectivity index (χ2n) is 3.39. The van der Waals surface area contributed by atoms with Gasteiger partial charge in [-0.15, -0.1) is 10.9 Å². The predicted molar refractivity (Wildman–Crippen MR) is 63.9 cm³/mol. The quantitative estimate of drug-likeness (QED) is 0.316. The molecule has 0 N–H and O–H groups in total. The van der Waals surface area contributed by atoms with Crippen molar-refractivity contribution in [2.24, 2.45) is 0 Å². The van der Waals surface area contributed by atoms with Crippen molar-refractivity contribution in [3.8, 4) is 0 Å². The molecule has 0 bridgehead atoms. The van der Waals surface area contributed by atoms with E-state index < -0.39 is 0 Å². The molecule has 0 nitrogen and oxygen atoms in total. The zero-order chi connectivity index (χ0) is 8.59. The third kappa shape index (κ3) is 1.40. The Bertz CT molecular complexity index is 267. The zero-order valence-corrected chi connectivity index (χ0v) is 8.08. The van der Waals surface area contributed by atoms with E-state index in [1.54, 1.807) is 0 Å². The lowest BCUT2D eigenvalue weighted by molar-refractivity contribution is 1.56. The molecule has 0 aromatic heterocycles. The molecule has 1 aromatic carbocycles. The molecule has 0 radical (unpaired) electrons. The minimum absolute atomic E-state index is 1.41. The second-order valence-corrected chi connectivity index (χ2v) is 3.39. The molecule has 0 aliphatic carbocycles. The summed E-state index contributed by atoms with van der Waals surface area (Å²) in [5.74, 6) is 0. The van der Waals surface area contributed by atoms with E-state index in [2.05, 4.69) is 44.4 Å². The Labute approximate surface area is 72.4 Å². The number of aryl methyl sites for hydroxylation is 1. The smallest absolute Gasteiger partial charge is 0.102 e. The third-order valence-electron chi connectivity index (χ3n) is 2.74. The van der Waals surface area contributed by atoms with Crippen LogP contribution in [0.15, 0.2) is 6.07 Å². The summed E-state index contributed by atoms with van der Waals surface area (Å²) in [5, 5.41) is 0. The van der Waals surface area contributed by atoms with Crippen LogP contribution in [0.4, 0.5) is 0 Å². The van der Waals surface area contributed by atoms with Crippen molar-refractivity contribution in [1.29, 1.82) is 0 Å². The van der Waals surface area contributed by atoms with Crippen LogP contribution in [-0.4, -0.2) is 31.4 Å². The lowest BCUT2D eigenvalue weighted by Gasteiger charge is -2.11. The molecule has 0 aliphatic heterocycles. The van der Waals surface area contributed by atoms with Gasteiger partial charge >= 0.3 is 0 Å². The van der Waals surface area contributed by atoms with Gasteiger partial charge in [0.1, 0.15) is 31.4 Å². The van der Waals surface area contributed by atoms with E-state index in [0.29, 0.717) is 0 Å². The molecule has 0 heterocycles. The van der Waals surface area contributed by atoms with Gasteiger partial charge in [-0.25, -0.2) is 0 Å². The van der Waals surface area contributed by atoms with Crippen LogP contribution in [0.25, 0.3) is 0 Å². The molecule has 0 amide bonds. The van der Waals surface area contributed by atoms with Crippen molar-refractivity contribution in [3.63, 3.8) is 0 Å². The Balaban J connectivity index is 3.46. The predicted octanol–water partition coefficient (Wildman–Crippen LogP) is -4.97. The molecule has 0 unspecified atom stereocenters. The minimum Gasteiger partial charge on any atom is -0.102 e. The van der Waals surface area contributed by atoms with Crippen LogP contribution in [0.2, 0.25) is 0 Å². The maximum absolute atomic E-state index is 2.26. The fourth-order valence-electron chi connectivity index (χ4n) is 1.41. The van der Waals surface area contributed by atoms with Crippen molar-refractivity contribution in [2.45, 2.75) is 6.92 Å². The second kappa shape index (κ2) is 2.84. The average molecular weight is 139 g/mol. The van der Waals surface area contributed by atoms with Crippen LogP contribution >= 0.6 is 0 Å². The van der Waals surface area contributed by atoms with Gasteiger partial charge in [0.25, 0.3) is 0 Å². The first-order chi connectivity index (χ1) is 5.04. The SMILES string of the molecule is Bc1cc(C)c(B)c(B)c1B. The van der Waals surface area contributed by atoms with Crippen molar-refractivity contribution < 1.29 is 0 Å². The van der Waals surface area contributed by atoms with Crippen molar-refractivity contribution >= 4 is 53.2 Å². The first kappa shape index (κ1) is 8.58. The summed E-state index contributed by atoms with van der Waals surface area (Å²) in [6, 6.07) is 2.26. The van der Waals surface area contributed by atoms with Gasteiger partial charge in [-0.3, -0.25) is 0 Å². The highest BCUT2D eigenvalue weighted by atomic mass is 14.0. The number of rotatable bonds is 0. The topological polar surface area (TPSA) is 0 Å². The number of hydrogen-bond acceptors (Lipinski definition) is 0. The van der Waals surface area contributed by atoms with Crippen LogP contribution in [0.1, 0.15) is 5.56 Å². The largest absolute Gasteiger partial charge is 0.138 e. The van der Waals surface area contributed by atoms with Crippen LogP contribution in [0.3, 0.4) is 0 Å². The summed E-state index contributed by atoms with van der Waals surface area (Å²) in [7, 11) is 8.76. The van der Waals surface area contributed by atoms with E-state index in [9.17, 15) is 0 Å². The average Bonchev–Trinajstić information content (AvgIpc) is 1.97. The Morgan fingerprint density at radius 3 is 2.00 bits per heavy atom. The Hall–Kier alpha value is -0.520. The molecule has 1 aromatic rings. The van der Waals surface area contributed by atoms with E-state index in [1.165, 1.54) is 27.4 Å². The zero-order valence-electron chi connectivity index (χ0n) is 8.08. The van der Waals surface area contributed by atoms with Gasteiger partial charge in [-0.2, -0.15) is 0 Å². The minimum atomic E-state index is 1.41. The van der Waals surface area contributed by atoms with Gasteiger partial charge in [0.05, 0.1) is 0 Å². The van der Waals surface area contributed by atoms with Crippen LogP contribution < -0.4 is 21.9 Å². The molecule has 0 aliphatic rings. The lowest BCUT2D eigenvalue weighted by atomic mass is 9.66. The Morgan fingerprint density at radius 1 is 0.909 bits per heavy atom. The highest BCUT2D eigenvalue weighted by molar-refractivity contribution is 6.62. The van der Waals surface area contributed by atoms with Gasteiger partial charge in [0.15, 0.2) is 0 Å². The Kier molecular flexibility index (Phi) is 2.22. The van der Waals surface area contributed by atoms with Gasteiger partial charge in [0, 0.05) is 0 Å². The molecule has 0 saturated heterocycles. The number of benzene rings is 1. The molecule has 0 saturated carbocycles. The van der Waals surface area contributed by atoms with E-state index in [1.807, 2.05) is 0 Å². The maximum Gasteiger partial charge on any atom is 0.138 e. The van der Waals surface area contributed by atoms with Gasteiger partial charge in [0.2, 0.25) is 0 Å². The van der Waals surface area contributed by atoms with E-state index in [-0.39, 0.29) is 0 Å². The van der Waals surface area contributed by atoms with Crippen molar-refractivity contribution in [3.05, 3.63) is 11.6 Å². The fourth-order valence-corrected chi connectivity index (χ4v) is 1.41. The highest BCUT2D eigenvalue weighted by Gasteiger charge is 2.01. The van der Waals surface area contributed by atoms with Gasteiger partial charge < -0.3 is 0 Å². The molecule has 11 heavy (non-hydrogen) atoms.